The first-order chi connectivity index (χ1) is 12.9. The summed E-state index contributed by atoms with van der Waals surface area (Å²) < 4.78 is 4.83. The van der Waals surface area contributed by atoms with E-state index in [1.807, 2.05) is 0 Å². The van der Waals surface area contributed by atoms with Crippen LogP contribution in [0.3, 0.4) is 0 Å². The topological polar surface area (TPSA) is 197 Å². The number of ether oxygens (including phenoxy) is 1. The highest BCUT2D eigenvalue weighted by atomic mass is 16.5. The van der Waals surface area contributed by atoms with Crippen molar-refractivity contribution in [2.75, 3.05) is 35.2 Å². The zero-order chi connectivity index (χ0) is 19.8. The molecule has 0 spiro atoms. The molecule has 0 amide bonds. The SMILES string of the molecule is C=CCN(CC=C)c1nc(N)nc(/N=C/C(=O)Oc2nc(N)nc(N)n2)n1. The Morgan fingerprint density at radius 1 is 0.963 bits per heavy atom. The minimum absolute atomic E-state index is 0.0725. The van der Waals surface area contributed by atoms with Crippen molar-refractivity contribution in [3.8, 4) is 6.01 Å². The van der Waals surface area contributed by atoms with Crippen LogP contribution in [-0.2, 0) is 4.79 Å². The summed E-state index contributed by atoms with van der Waals surface area (Å²) in [5, 5.41) is 0. The molecule has 0 saturated carbocycles. The standard InChI is InChI=1S/C14H17N11O2/c1-3-5-25(6-4-2)13-21-11(17)20-12(24-13)18-7-8(26)27-14-22-9(15)19-10(16)23-14/h3-4,7H,1-2,5-6H2,(H2,17,20,21,24)(H4,15,16,19,22,23)/b18-7+. The molecule has 13 heteroatoms. The monoisotopic (exact) mass is 371 g/mol. The Balaban J connectivity index is 2.16. The Labute approximate surface area is 153 Å². The average molecular weight is 371 g/mol. The fourth-order valence-corrected chi connectivity index (χ4v) is 1.78. The van der Waals surface area contributed by atoms with Gasteiger partial charge in [0.25, 0.3) is 5.95 Å². The van der Waals surface area contributed by atoms with E-state index in [2.05, 4.69) is 48.1 Å². The van der Waals surface area contributed by atoms with E-state index in [1.54, 1.807) is 17.1 Å². The first-order valence-corrected chi connectivity index (χ1v) is 7.42. The molecule has 0 aliphatic rings. The summed E-state index contributed by atoms with van der Waals surface area (Å²) in [6.45, 7) is 8.22. The van der Waals surface area contributed by atoms with Gasteiger partial charge in [-0.1, -0.05) is 12.2 Å². The average Bonchev–Trinajstić information content (AvgIpc) is 2.58. The molecule has 2 heterocycles. The predicted octanol–water partition coefficient (Wildman–Crippen LogP) is -0.710. The molecule has 0 aliphatic carbocycles. The summed E-state index contributed by atoms with van der Waals surface area (Å²) in [5.74, 6) is -1.21. The number of aromatic nitrogens is 6. The number of hydrogen-bond donors (Lipinski definition) is 3. The second kappa shape index (κ2) is 8.80. The van der Waals surface area contributed by atoms with Gasteiger partial charge in [0.15, 0.2) is 0 Å². The first-order valence-electron chi connectivity index (χ1n) is 7.42. The highest BCUT2D eigenvalue weighted by Crippen LogP contribution is 2.14. The number of aliphatic imine (C=N–C) groups is 1. The predicted molar refractivity (Wildman–Crippen MR) is 99.3 cm³/mol. The molecule has 2 aromatic rings. The maximum absolute atomic E-state index is 11.8. The van der Waals surface area contributed by atoms with Gasteiger partial charge in [0.05, 0.1) is 0 Å². The van der Waals surface area contributed by atoms with Crippen LogP contribution in [0, 0.1) is 0 Å². The number of rotatable bonds is 8. The molecule has 0 aromatic carbocycles. The van der Waals surface area contributed by atoms with Crippen LogP contribution in [0.15, 0.2) is 30.3 Å². The normalized spacial score (nSPS) is 10.5. The first kappa shape index (κ1) is 19.2. The van der Waals surface area contributed by atoms with E-state index in [1.165, 1.54) is 0 Å². The maximum atomic E-state index is 11.8. The minimum atomic E-state index is -0.908. The minimum Gasteiger partial charge on any atom is -0.386 e. The lowest BCUT2D eigenvalue weighted by Gasteiger charge is -2.18. The highest BCUT2D eigenvalue weighted by Gasteiger charge is 2.11. The van der Waals surface area contributed by atoms with E-state index in [9.17, 15) is 4.79 Å². The van der Waals surface area contributed by atoms with Crippen LogP contribution in [0.1, 0.15) is 0 Å². The van der Waals surface area contributed by atoms with Crippen LogP contribution in [0.4, 0.5) is 29.7 Å². The zero-order valence-electron chi connectivity index (χ0n) is 14.2. The molecule has 27 heavy (non-hydrogen) atoms. The zero-order valence-corrected chi connectivity index (χ0v) is 14.2. The van der Waals surface area contributed by atoms with E-state index in [-0.39, 0.29) is 35.8 Å². The summed E-state index contributed by atoms with van der Waals surface area (Å²) in [7, 11) is 0. The molecular weight excluding hydrogens is 354 g/mol. The summed E-state index contributed by atoms with van der Waals surface area (Å²) in [4.78, 5) is 40.1. The van der Waals surface area contributed by atoms with Gasteiger partial charge in [0.2, 0.25) is 23.8 Å². The van der Waals surface area contributed by atoms with Crippen molar-refractivity contribution in [1.82, 2.24) is 29.9 Å². The van der Waals surface area contributed by atoms with E-state index >= 15 is 0 Å². The Morgan fingerprint density at radius 2 is 1.56 bits per heavy atom. The molecule has 0 unspecified atom stereocenters. The fraction of sp³-hybridized carbons (Fsp3) is 0.143. The van der Waals surface area contributed by atoms with E-state index in [0.717, 1.165) is 6.21 Å². The van der Waals surface area contributed by atoms with Crippen LogP contribution < -0.4 is 26.8 Å². The molecule has 0 radical (unpaired) electrons. The second-order valence-electron chi connectivity index (χ2n) is 4.79. The Hall–Kier alpha value is -4.16. The Morgan fingerprint density at radius 3 is 2.15 bits per heavy atom. The number of anilines is 4. The number of carbonyl (C=O) groups is 1. The maximum Gasteiger partial charge on any atom is 0.357 e. The van der Waals surface area contributed by atoms with Gasteiger partial charge >= 0.3 is 12.0 Å². The number of esters is 1. The van der Waals surface area contributed by atoms with E-state index < -0.39 is 5.97 Å². The van der Waals surface area contributed by atoms with E-state index in [0.29, 0.717) is 13.1 Å². The van der Waals surface area contributed by atoms with Crippen molar-refractivity contribution in [2.45, 2.75) is 0 Å². The quantitative estimate of drug-likeness (QED) is 0.300. The molecule has 2 rings (SSSR count). The highest BCUT2D eigenvalue weighted by molar-refractivity contribution is 6.24. The largest absolute Gasteiger partial charge is 0.386 e. The Kier molecular flexibility index (Phi) is 6.24. The second-order valence-corrected chi connectivity index (χ2v) is 4.79. The number of nitrogens with two attached hydrogens (primary N) is 3. The van der Waals surface area contributed by atoms with Gasteiger partial charge in [0, 0.05) is 13.1 Å². The Bertz CT molecular complexity index is 853. The van der Waals surface area contributed by atoms with Gasteiger partial charge < -0.3 is 26.8 Å². The van der Waals surface area contributed by atoms with Crippen LogP contribution in [-0.4, -0.2) is 55.2 Å². The van der Waals surface area contributed by atoms with Crippen molar-refractivity contribution in [3.63, 3.8) is 0 Å². The van der Waals surface area contributed by atoms with Crippen molar-refractivity contribution in [2.24, 2.45) is 4.99 Å². The summed E-state index contributed by atoms with van der Waals surface area (Å²) in [5.41, 5.74) is 16.4. The molecule has 13 nitrogen and oxygen atoms in total. The third-order valence-corrected chi connectivity index (χ3v) is 2.74. The van der Waals surface area contributed by atoms with Gasteiger partial charge in [0.1, 0.15) is 6.21 Å². The molecule has 0 aliphatic heterocycles. The van der Waals surface area contributed by atoms with Crippen LogP contribution in [0.5, 0.6) is 6.01 Å². The third kappa shape index (κ3) is 5.70. The third-order valence-electron chi connectivity index (χ3n) is 2.74. The molecule has 0 fully saturated rings. The van der Waals surface area contributed by atoms with Crippen LogP contribution in [0.25, 0.3) is 0 Å². The molecule has 0 saturated heterocycles. The van der Waals surface area contributed by atoms with Crippen molar-refractivity contribution in [3.05, 3.63) is 25.3 Å². The molecular formula is C14H17N11O2. The smallest absolute Gasteiger partial charge is 0.357 e. The van der Waals surface area contributed by atoms with Crippen molar-refractivity contribution >= 4 is 41.9 Å². The fourth-order valence-electron chi connectivity index (χ4n) is 1.78. The van der Waals surface area contributed by atoms with E-state index in [4.69, 9.17) is 21.9 Å². The number of nitrogens with zero attached hydrogens (tertiary/aromatic N) is 8. The molecule has 140 valence electrons. The van der Waals surface area contributed by atoms with Gasteiger partial charge in [-0.25, -0.2) is 9.79 Å². The summed E-state index contributed by atoms with van der Waals surface area (Å²) in [6.07, 6.45) is 4.14. The lowest BCUT2D eigenvalue weighted by atomic mass is 10.4. The van der Waals surface area contributed by atoms with Crippen LogP contribution >= 0.6 is 0 Å². The van der Waals surface area contributed by atoms with Crippen molar-refractivity contribution in [1.29, 1.82) is 0 Å². The van der Waals surface area contributed by atoms with Crippen LogP contribution in [0.2, 0.25) is 0 Å². The van der Waals surface area contributed by atoms with Gasteiger partial charge in [-0.3, -0.25) is 0 Å². The lowest BCUT2D eigenvalue weighted by molar-refractivity contribution is -0.126. The molecule has 0 atom stereocenters. The summed E-state index contributed by atoms with van der Waals surface area (Å²) >= 11 is 0. The van der Waals surface area contributed by atoms with Gasteiger partial charge in [-0.15, -0.1) is 13.2 Å². The van der Waals surface area contributed by atoms with Gasteiger partial charge in [-0.2, -0.15) is 29.9 Å². The molecule has 0 bridgehead atoms. The molecule has 2 aromatic heterocycles. The number of nitrogen functional groups attached to an aromatic ring is 3. The number of hydrogen-bond acceptors (Lipinski definition) is 13. The summed E-state index contributed by atoms with van der Waals surface area (Å²) in [6, 6.07) is -0.365. The molecule has 6 N–H and O–H groups in total. The van der Waals surface area contributed by atoms with Gasteiger partial charge in [-0.05, 0) is 0 Å². The lowest BCUT2D eigenvalue weighted by Crippen LogP contribution is -2.25. The number of carbonyl (C=O) groups excluding carboxylic acids is 1. The van der Waals surface area contributed by atoms with Crippen molar-refractivity contribution < 1.29 is 9.53 Å².